The highest BCUT2D eigenvalue weighted by atomic mass is 35.5. The first-order valence-corrected chi connectivity index (χ1v) is 6.71. The van der Waals surface area contributed by atoms with Crippen LogP contribution in [0, 0.1) is 17.5 Å². The van der Waals surface area contributed by atoms with Gasteiger partial charge in [0.2, 0.25) is 0 Å². The molecule has 6 heteroatoms. The molecule has 1 unspecified atom stereocenters. The molecular weight excluding hydrogens is 301 g/mol. The lowest BCUT2D eigenvalue weighted by Crippen LogP contribution is -2.38. The molecule has 0 saturated heterocycles. The van der Waals surface area contributed by atoms with Crippen LogP contribution < -0.4 is 11.3 Å². The van der Waals surface area contributed by atoms with Crippen LogP contribution in [0.15, 0.2) is 36.4 Å². The molecule has 0 fully saturated rings. The van der Waals surface area contributed by atoms with Gasteiger partial charge in [0.15, 0.2) is 11.6 Å². The Labute approximate surface area is 125 Å². The standard InChI is InChI=1S/C15H14ClF3N2/c16-13-3-2-11(17)7-10(13)8-12(21-20)5-9-1-4-14(18)15(19)6-9/h1-4,6-7,12,21H,5,8,20H2. The van der Waals surface area contributed by atoms with Crippen LogP contribution in [-0.4, -0.2) is 6.04 Å². The van der Waals surface area contributed by atoms with E-state index in [0.717, 1.165) is 12.1 Å². The van der Waals surface area contributed by atoms with E-state index in [1.807, 2.05) is 0 Å². The smallest absolute Gasteiger partial charge is 0.159 e. The highest BCUT2D eigenvalue weighted by Gasteiger charge is 2.13. The van der Waals surface area contributed by atoms with Gasteiger partial charge in [0.25, 0.3) is 0 Å². The molecule has 1 atom stereocenters. The molecule has 2 aromatic rings. The van der Waals surface area contributed by atoms with E-state index in [2.05, 4.69) is 5.43 Å². The number of rotatable bonds is 5. The van der Waals surface area contributed by atoms with Crippen molar-refractivity contribution in [3.63, 3.8) is 0 Å². The lowest BCUT2D eigenvalue weighted by molar-refractivity contribution is 0.497. The summed E-state index contributed by atoms with van der Waals surface area (Å²) in [6.45, 7) is 0. The van der Waals surface area contributed by atoms with E-state index in [4.69, 9.17) is 17.4 Å². The fourth-order valence-corrected chi connectivity index (χ4v) is 2.30. The quantitative estimate of drug-likeness (QED) is 0.656. The zero-order valence-electron chi connectivity index (χ0n) is 11.0. The van der Waals surface area contributed by atoms with Crippen molar-refractivity contribution in [3.05, 3.63) is 70.0 Å². The second-order valence-corrected chi connectivity index (χ2v) is 5.16. The van der Waals surface area contributed by atoms with Crippen LogP contribution in [0.1, 0.15) is 11.1 Å². The van der Waals surface area contributed by atoms with Crippen molar-refractivity contribution in [2.75, 3.05) is 0 Å². The van der Waals surface area contributed by atoms with Crippen LogP contribution in [0.25, 0.3) is 0 Å². The van der Waals surface area contributed by atoms with Gasteiger partial charge in [-0.1, -0.05) is 17.7 Å². The van der Waals surface area contributed by atoms with Crippen LogP contribution in [0.5, 0.6) is 0 Å². The average molecular weight is 315 g/mol. The summed E-state index contributed by atoms with van der Waals surface area (Å²) < 4.78 is 39.3. The van der Waals surface area contributed by atoms with Gasteiger partial charge in [-0.2, -0.15) is 0 Å². The molecule has 112 valence electrons. The van der Waals surface area contributed by atoms with Crippen LogP contribution in [-0.2, 0) is 12.8 Å². The van der Waals surface area contributed by atoms with Crippen molar-refractivity contribution < 1.29 is 13.2 Å². The molecule has 0 aliphatic rings. The summed E-state index contributed by atoms with van der Waals surface area (Å²) in [6.07, 6.45) is 0.729. The molecule has 0 spiro atoms. The summed E-state index contributed by atoms with van der Waals surface area (Å²) in [5, 5.41) is 0.432. The first-order chi connectivity index (χ1) is 9.99. The minimum absolute atomic E-state index is 0.283. The van der Waals surface area contributed by atoms with E-state index in [1.54, 1.807) is 0 Å². The highest BCUT2D eigenvalue weighted by Crippen LogP contribution is 2.20. The maximum absolute atomic E-state index is 13.2. The molecule has 2 nitrogen and oxygen atoms in total. The largest absolute Gasteiger partial charge is 0.271 e. The second kappa shape index (κ2) is 6.93. The third-order valence-electron chi connectivity index (χ3n) is 3.18. The predicted molar refractivity (Wildman–Crippen MR) is 76.3 cm³/mol. The number of nitrogens with one attached hydrogen (secondary N) is 1. The van der Waals surface area contributed by atoms with Gasteiger partial charge >= 0.3 is 0 Å². The number of benzene rings is 2. The zero-order chi connectivity index (χ0) is 15.4. The van der Waals surface area contributed by atoms with Crippen molar-refractivity contribution in [1.29, 1.82) is 0 Å². The molecule has 2 aromatic carbocycles. The van der Waals surface area contributed by atoms with Gasteiger partial charge in [-0.3, -0.25) is 11.3 Å². The SMILES string of the molecule is NNC(Cc1ccc(F)c(F)c1)Cc1cc(F)ccc1Cl. The summed E-state index contributed by atoms with van der Waals surface area (Å²) in [5.74, 6) is 3.27. The molecule has 2 rings (SSSR count). The topological polar surface area (TPSA) is 38.0 Å². The van der Waals surface area contributed by atoms with Crippen molar-refractivity contribution in [3.8, 4) is 0 Å². The summed E-state index contributed by atoms with van der Waals surface area (Å²) in [6, 6.07) is 7.45. The van der Waals surface area contributed by atoms with E-state index < -0.39 is 17.5 Å². The average Bonchev–Trinajstić information content (AvgIpc) is 2.46. The first kappa shape index (κ1) is 15.8. The minimum atomic E-state index is -0.910. The van der Waals surface area contributed by atoms with Crippen LogP contribution in [0.4, 0.5) is 13.2 Å². The number of halogens is 4. The summed E-state index contributed by atoms with van der Waals surface area (Å²) in [4.78, 5) is 0. The molecule has 0 saturated carbocycles. The normalized spacial score (nSPS) is 12.4. The lowest BCUT2D eigenvalue weighted by atomic mass is 9.99. The van der Waals surface area contributed by atoms with Crippen LogP contribution in [0.2, 0.25) is 5.02 Å². The predicted octanol–water partition coefficient (Wildman–Crippen LogP) is 3.37. The van der Waals surface area contributed by atoms with E-state index in [0.29, 0.717) is 29.0 Å². The molecule has 21 heavy (non-hydrogen) atoms. The van der Waals surface area contributed by atoms with Crippen molar-refractivity contribution in [2.45, 2.75) is 18.9 Å². The number of hydrogen-bond acceptors (Lipinski definition) is 2. The third kappa shape index (κ3) is 4.20. The van der Waals surface area contributed by atoms with Gasteiger partial charge in [-0.25, -0.2) is 13.2 Å². The molecule has 3 N–H and O–H groups in total. The Hall–Kier alpha value is -1.56. The van der Waals surface area contributed by atoms with E-state index in [9.17, 15) is 13.2 Å². The van der Waals surface area contributed by atoms with Gasteiger partial charge in [0.05, 0.1) is 0 Å². The van der Waals surface area contributed by atoms with E-state index >= 15 is 0 Å². The zero-order valence-corrected chi connectivity index (χ0v) is 11.8. The maximum atomic E-state index is 13.2. The van der Waals surface area contributed by atoms with Crippen molar-refractivity contribution in [2.24, 2.45) is 5.84 Å². The second-order valence-electron chi connectivity index (χ2n) is 4.76. The van der Waals surface area contributed by atoms with E-state index in [-0.39, 0.29) is 6.04 Å². The molecule has 0 bridgehead atoms. The van der Waals surface area contributed by atoms with Gasteiger partial charge in [-0.15, -0.1) is 0 Å². The number of hydrazine groups is 1. The molecular formula is C15H14ClF3N2. The summed E-state index contributed by atoms with van der Waals surface area (Å²) >= 11 is 6.00. The minimum Gasteiger partial charge on any atom is -0.271 e. The highest BCUT2D eigenvalue weighted by molar-refractivity contribution is 6.31. The molecule has 0 aromatic heterocycles. The van der Waals surface area contributed by atoms with Gasteiger partial charge in [-0.05, 0) is 54.3 Å². The Morgan fingerprint density at radius 1 is 1.00 bits per heavy atom. The Morgan fingerprint density at radius 2 is 1.76 bits per heavy atom. The molecule has 0 radical (unpaired) electrons. The maximum Gasteiger partial charge on any atom is 0.159 e. The Morgan fingerprint density at radius 3 is 2.43 bits per heavy atom. The van der Waals surface area contributed by atoms with Gasteiger partial charge < -0.3 is 0 Å². The summed E-state index contributed by atoms with van der Waals surface area (Å²) in [5.41, 5.74) is 3.77. The first-order valence-electron chi connectivity index (χ1n) is 6.33. The summed E-state index contributed by atoms with van der Waals surface area (Å²) in [7, 11) is 0. The van der Waals surface area contributed by atoms with Crippen LogP contribution >= 0.6 is 11.6 Å². The number of hydrogen-bond donors (Lipinski definition) is 2. The van der Waals surface area contributed by atoms with E-state index in [1.165, 1.54) is 24.3 Å². The van der Waals surface area contributed by atoms with Crippen molar-refractivity contribution >= 4 is 11.6 Å². The third-order valence-corrected chi connectivity index (χ3v) is 3.54. The Bertz CT molecular complexity index is 634. The Balaban J connectivity index is 2.12. The monoisotopic (exact) mass is 314 g/mol. The lowest BCUT2D eigenvalue weighted by Gasteiger charge is -2.17. The Kier molecular flexibility index (Phi) is 5.22. The van der Waals surface area contributed by atoms with Crippen molar-refractivity contribution in [1.82, 2.24) is 5.43 Å². The molecule has 0 aliphatic heterocycles. The van der Waals surface area contributed by atoms with Gasteiger partial charge in [0, 0.05) is 11.1 Å². The fraction of sp³-hybridized carbons (Fsp3) is 0.200. The van der Waals surface area contributed by atoms with Crippen LogP contribution in [0.3, 0.4) is 0 Å². The van der Waals surface area contributed by atoms with Gasteiger partial charge in [0.1, 0.15) is 5.82 Å². The molecule has 0 amide bonds. The fourth-order valence-electron chi connectivity index (χ4n) is 2.11. The number of nitrogens with two attached hydrogens (primary N) is 1. The molecule has 0 heterocycles. The molecule has 0 aliphatic carbocycles.